The molecule has 0 bridgehead atoms. The average molecular weight is 657 g/mol. The molecule has 0 fully saturated rings. The molecule has 47 heavy (non-hydrogen) atoms. The van der Waals surface area contributed by atoms with E-state index in [1.54, 1.807) is 38.4 Å². The van der Waals surface area contributed by atoms with Crippen LogP contribution in [0, 0.1) is 5.82 Å². The molecule has 242 valence electrons. The quantitative estimate of drug-likeness (QED) is 0.186. The summed E-state index contributed by atoms with van der Waals surface area (Å²) in [6.07, 6.45) is 8.32. The Kier molecular flexibility index (Phi) is 9.01. The second kappa shape index (κ2) is 13.3. The highest BCUT2D eigenvalue weighted by molar-refractivity contribution is 7.19. The van der Waals surface area contributed by atoms with E-state index in [2.05, 4.69) is 27.3 Å². The Bertz CT molecular complexity index is 2140. The Morgan fingerprint density at radius 3 is 2.81 bits per heavy atom. The SMILES string of the molecule is C=CC(=O)NC(C)COc1cccc(Nc2cc(-c3cc(F)cc(-n4ncc5c6c(sc5c4=O)CCCC6)c3CO)cn(C)c2=O)n1. The van der Waals surface area contributed by atoms with Crippen LogP contribution in [0.15, 0.2) is 71.0 Å². The summed E-state index contributed by atoms with van der Waals surface area (Å²) in [5.41, 5.74) is 1.65. The lowest BCUT2D eigenvalue weighted by Crippen LogP contribution is -2.35. The van der Waals surface area contributed by atoms with E-state index in [1.165, 1.54) is 56.8 Å². The van der Waals surface area contributed by atoms with Crippen LogP contribution in [0.4, 0.5) is 15.9 Å². The third-order valence-electron chi connectivity index (χ3n) is 8.01. The number of nitrogens with one attached hydrogen (secondary N) is 2. The summed E-state index contributed by atoms with van der Waals surface area (Å²) in [6.45, 7) is 4.84. The maximum Gasteiger partial charge on any atom is 0.289 e. The number of carbonyl (C=O) groups is 1. The van der Waals surface area contributed by atoms with Crippen molar-refractivity contribution in [3.05, 3.63) is 104 Å². The van der Waals surface area contributed by atoms with E-state index in [-0.39, 0.29) is 52.5 Å². The molecule has 0 saturated carbocycles. The zero-order valence-corrected chi connectivity index (χ0v) is 26.7. The van der Waals surface area contributed by atoms with Crippen LogP contribution in [0.3, 0.4) is 0 Å². The number of rotatable bonds is 10. The van der Waals surface area contributed by atoms with E-state index in [9.17, 15) is 19.5 Å². The second-order valence-electron chi connectivity index (χ2n) is 11.4. The van der Waals surface area contributed by atoms with Gasteiger partial charge in [-0.25, -0.2) is 4.39 Å². The minimum Gasteiger partial charge on any atom is -0.475 e. The number of hydrogen-bond donors (Lipinski definition) is 3. The van der Waals surface area contributed by atoms with Gasteiger partial charge in [0.25, 0.3) is 11.1 Å². The Hall–Kier alpha value is -5.14. The third-order valence-corrected chi connectivity index (χ3v) is 9.31. The van der Waals surface area contributed by atoms with E-state index < -0.39 is 12.4 Å². The van der Waals surface area contributed by atoms with Crippen LogP contribution in [-0.2, 0) is 31.3 Å². The monoisotopic (exact) mass is 656 g/mol. The van der Waals surface area contributed by atoms with Gasteiger partial charge in [-0.1, -0.05) is 12.6 Å². The van der Waals surface area contributed by atoms with Gasteiger partial charge in [-0.2, -0.15) is 14.8 Å². The number of ether oxygens (including phenoxy) is 1. The molecule has 6 rings (SSSR count). The van der Waals surface area contributed by atoms with E-state index in [1.807, 2.05) is 0 Å². The number of hydrogen-bond acceptors (Lipinski definition) is 9. The van der Waals surface area contributed by atoms with Crippen molar-refractivity contribution >= 4 is 38.8 Å². The molecule has 0 radical (unpaired) electrons. The maximum atomic E-state index is 15.3. The van der Waals surface area contributed by atoms with Gasteiger partial charge in [0, 0.05) is 46.8 Å². The van der Waals surface area contributed by atoms with Gasteiger partial charge in [0.05, 0.1) is 24.5 Å². The fourth-order valence-corrected chi connectivity index (χ4v) is 7.05. The molecular formula is C34H33FN6O5S. The van der Waals surface area contributed by atoms with E-state index in [0.29, 0.717) is 21.6 Å². The number of aliphatic hydroxyl groups is 1. The van der Waals surface area contributed by atoms with Crippen molar-refractivity contribution in [3.8, 4) is 22.7 Å². The van der Waals surface area contributed by atoms with Crippen molar-refractivity contribution in [1.82, 2.24) is 24.6 Å². The van der Waals surface area contributed by atoms with Crippen LogP contribution < -0.4 is 26.5 Å². The molecule has 4 heterocycles. The Balaban J connectivity index is 1.35. The molecule has 5 aromatic rings. The summed E-state index contributed by atoms with van der Waals surface area (Å²) in [5.74, 6) is -0.383. The minimum absolute atomic E-state index is 0.120. The lowest BCUT2D eigenvalue weighted by Gasteiger charge is -2.17. The van der Waals surface area contributed by atoms with Crippen LogP contribution in [0.1, 0.15) is 35.8 Å². The molecule has 4 aromatic heterocycles. The van der Waals surface area contributed by atoms with Crippen LogP contribution >= 0.6 is 11.3 Å². The topological polar surface area (TPSA) is 140 Å². The van der Waals surface area contributed by atoms with Crippen molar-refractivity contribution < 1.29 is 19.0 Å². The highest BCUT2D eigenvalue weighted by atomic mass is 32.1. The largest absolute Gasteiger partial charge is 0.475 e. The van der Waals surface area contributed by atoms with Crippen molar-refractivity contribution in [2.24, 2.45) is 7.05 Å². The predicted molar refractivity (Wildman–Crippen MR) is 179 cm³/mol. The molecule has 1 unspecified atom stereocenters. The highest BCUT2D eigenvalue weighted by Crippen LogP contribution is 2.35. The fraction of sp³-hybridized carbons (Fsp3) is 0.265. The van der Waals surface area contributed by atoms with Crippen LogP contribution in [0.2, 0.25) is 0 Å². The van der Waals surface area contributed by atoms with E-state index in [4.69, 9.17) is 4.74 Å². The zero-order valence-electron chi connectivity index (χ0n) is 25.9. The summed E-state index contributed by atoms with van der Waals surface area (Å²) >= 11 is 1.46. The average Bonchev–Trinajstić information content (AvgIpc) is 3.45. The number of benzene rings is 1. The number of pyridine rings is 2. The van der Waals surface area contributed by atoms with Crippen LogP contribution in [-0.4, -0.2) is 43.0 Å². The molecule has 1 atom stereocenters. The Morgan fingerprint density at radius 2 is 2.02 bits per heavy atom. The first kappa shape index (κ1) is 31.8. The van der Waals surface area contributed by atoms with E-state index in [0.717, 1.165) is 35.8 Å². The normalized spacial score (nSPS) is 13.2. The number of aryl methyl sites for hydroxylation is 3. The van der Waals surface area contributed by atoms with Gasteiger partial charge in [-0.15, -0.1) is 11.3 Å². The van der Waals surface area contributed by atoms with Crippen molar-refractivity contribution in [1.29, 1.82) is 0 Å². The second-order valence-corrected chi connectivity index (χ2v) is 12.5. The molecular weight excluding hydrogens is 623 g/mol. The number of halogens is 1. The Morgan fingerprint density at radius 1 is 1.21 bits per heavy atom. The smallest absolute Gasteiger partial charge is 0.289 e. The summed E-state index contributed by atoms with van der Waals surface area (Å²) in [4.78, 5) is 44.0. The van der Waals surface area contributed by atoms with Gasteiger partial charge < -0.3 is 25.0 Å². The van der Waals surface area contributed by atoms with Gasteiger partial charge >= 0.3 is 0 Å². The predicted octanol–water partition coefficient (Wildman–Crippen LogP) is 4.53. The molecule has 1 aliphatic rings. The number of fused-ring (bicyclic) bond motifs is 3. The first-order chi connectivity index (χ1) is 22.7. The lowest BCUT2D eigenvalue weighted by atomic mass is 9.97. The van der Waals surface area contributed by atoms with Crippen molar-refractivity contribution in [3.63, 3.8) is 0 Å². The van der Waals surface area contributed by atoms with Gasteiger partial charge in [0.1, 0.15) is 28.6 Å². The number of thiophene rings is 1. The molecule has 1 aliphatic carbocycles. The Labute approximate surface area is 273 Å². The highest BCUT2D eigenvalue weighted by Gasteiger charge is 2.22. The maximum absolute atomic E-state index is 15.3. The minimum atomic E-state index is -0.639. The number of nitrogens with zero attached hydrogens (tertiary/aromatic N) is 4. The first-order valence-corrected chi connectivity index (χ1v) is 16.0. The molecule has 11 nitrogen and oxygen atoms in total. The number of amides is 1. The summed E-state index contributed by atoms with van der Waals surface area (Å²) in [5, 5.41) is 21.5. The molecule has 0 saturated heterocycles. The first-order valence-electron chi connectivity index (χ1n) is 15.1. The third kappa shape index (κ3) is 6.44. The summed E-state index contributed by atoms with van der Waals surface area (Å²) in [7, 11) is 1.56. The molecule has 1 aromatic carbocycles. The number of aliphatic hydroxyl groups excluding tert-OH is 1. The number of carbonyl (C=O) groups excluding carboxylic acids is 1. The van der Waals surface area contributed by atoms with Crippen LogP contribution in [0.25, 0.3) is 26.9 Å². The zero-order chi connectivity index (χ0) is 33.2. The lowest BCUT2D eigenvalue weighted by molar-refractivity contribution is -0.117. The molecule has 1 amide bonds. The molecule has 0 spiro atoms. The van der Waals surface area contributed by atoms with Gasteiger partial charge in [-0.3, -0.25) is 14.4 Å². The van der Waals surface area contributed by atoms with Gasteiger partial charge in [0.2, 0.25) is 11.8 Å². The van der Waals surface area contributed by atoms with Crippen LogP contribution in [0.5, 0.6) is 5.88 Å². The summed E-state index contributed by atoms with van der Waals surface area (Å²) in [6, 6.07) is 8.66. The number of aromatic nitrogens is 4. The van der Waals surface area contributed by atoms with Crippen molar-refractivity contribution in [2.75, 3.05) is 11.9 Å². The molecule has 0 aliphatic heterocycles. The van der Waals surface area contributed by atoms with Gasteiger partial charge in [0.15, 0.2) is 0 Å². The molecule has 3 N–H and O–H groups in total. The number of anilines is 2. The molecule has 13 heteroatoms. The summed E-state index contributed by atoms with van der Waals surface area (Å²) < 4.78 is 24.0. The fourth-order valence-electron chi connectivity index (χ4n) is 5.76. The standard InChI is InChI=1S/C34H33FN6O5S/c1-4-30(43)37-19(2)18-46-31-11-7-10-29(39-31)38-26-12-20(16-40(3)33(26)44)23-13-21(35)14-27(25(23)17-42)41-34(45)32-24(15-36-41)22-8-5-6-9-28(22)47-32/h4,7,10-16,19,42H,1,5-6,8-9,17-18H2,2-3H3,(H,37,43)(H,38,39). The van der Waals surface area contributed by atoms with Crippen molar-refractivity contribution in [2.45, 2.75) is 45.3 Å². The van der Waals surface area contributed by atoms with E-state index >= 15 is 4.39 Å². The van der Waals surface area contributed by atoms with Gasteiger partial charge in [-0.05, 0) is 68.0 Å².